The van der Waals surface area contributed by atoms with Gasteiger partial charge in [0.15, 0.2) is 5.82 Å². The van der Waals surface area contributed by atoms with Crippen molar-refractivity contribution in [3.8, 4) is 17.0 Å². The molecule has 31 heavy (non-hydrogen) atoms. The van der Waals surface area contributed by atoms with Crippen molar-refractivity contribution in [2.45, 2.75) is 25.8 Å². The lowest BCUT2D eigenvalue weighted by molar-refractivity contribution is -0.125. The number of nitrogens with zero attached hydrogens (tertiary/aromatic N) is 3. The molecule has 160 valence electrons. The Balaban J connectivity index is 1.42. The van der Waals surface area contributed by atoms with Crippen LogP contribution in [0.3, 0.4) is 0 Å². The number of anilines is 1. The number of carbonyl (C=O) groups is 1. The van der Waals surface area contributed by atoms with Crippen LogP contribution in [0, 0.1) is 5.92 Å². The smallest absolute Gasteiger partial charge is 0.225 e. The van der Waals surface area contributed by atoms with Gasteiger partial charge in [0.25, 0.3) is 0 Å². The van der Waals surface area contributed by atoms with E-state index in [1.165, 1.54) is 0 Å². The standard InChI is InChI=1S/C25H28N4O2/c1-18(19-9-4-3-5-10-19)26-25(30)20-11-8-16-29(17-20)24-15-14-22(27-28-24)21-12-6-7-13-23(21)31-2/h3-7,9-10,12-15,18,20H,8,11,16-17H2,1-2H3,(H,26,30). The number of benzene rings is 2. The molecule has 1 N–H and O–H groups in total. The number of aromatic nitrogens is 2. The number of hydrogen-bond acceptors (Lipinski definition) is 5. The second-order valence-electron chi connectivity index (χ2n) is 7.90. The third-order valence-corrected chi connectivity index (χ3v) is 5.81. The SMILES string of the molecule is COc1ccccc1-c1ccc(N2CCCC(C(=O)NC(C)c3ccccc3)C2)nn1. The number of nitrogens with one attached hydrogen (secondary N) is 1. The second kappa shape index (κ2) is 9.60. The summed E-state index contributed by atoms with van der Waals surface area (Å²) in [7, 11) is 1.65. The molecule has 2 unspecified atom stereocenters. The minimum absolute atomic E-state index is 0.0102. The van der Waals surface area contributed by atoms with E-state index in [9.17, 15) is 4.79 Å². The maximum atomic E-state index is 12.9. The van der Waals surface area contributed by atoms with Crippen LogP contribution in [0.25, 0.3) is 11.3 Å². The van der Waals surface area contributed by atoms with Gasteiger partial charge in [-0.1, -0.05) is 42.5 Å². The summed E-state index contributed by atoms with van der Waals surface area (Å²) in [5.74, 6) is 1.61. The predicted molar refractivity (Wildman–Crippen MR) is 122 cm³/mol. The average molecular weight is 417 g/mol. The van der Waals surface area contributed by atoms with Crippen molar-refractivity contribution in [1.82, 2.24) is 15.5 Å². The van der Waals surface area contributed by atoms with E-state index in [2.05, 4.69) is 20.4 Å². The molecule has 1 aromatic heterocycles. The Labute approximate surface area is 183 Å². The van der Waals surface area contributed by atoms with Crippen molar-refractivity contribution < 1.29 is 9.53 Å². The van der Waals surface area contributed by atoms with Gasteiger partial charge in [-0.2, -0.15) is 0 Å². The third-order valence-electron chi connectivity index (χ3n) is 5.81. The van der Waals surface area contributed by atoms with E-state index in [0.29, 0.717) is 6.54 Å². The average Bonchev–Trinajstić information content (AvgIpc) is 2.84. The Morgan fingerprint density at radius 3 is 2.58 bits per heavy atom. The summed E-state index contributed by atoms with van der Waals surface area (Å²) in [4.78, 5) is 15.0. The third kappa shape index (κ3) is 4.85. The van der Waals surface area contributed by atoms with Crippen molar-refractivity contribution >= 4 is 11.7 Å². The molecule has 0 spiro atoms. The summed E-state index contributed by atoms with van der Waals surface area (Å²) < 4.78 is 5.43. The number of amides is 1. The summed E-state index contributed by atoms with van der Waals surface area (Å²) in [6.45, 7) is 3.55. The Morgan fingerprint density at radius 1 is 1.06 bits per heavy atom. The largest absolute Gasteiger partial charge is 0.496 e. The molecule has 4 rings (SSSR count). The van der Waals surface area contributed by atoms with Crippen molar-refractivity contribution in [3.63, 3.8) is 0 Å². The fourth-order valence-corrected chi connectivity index (χ4v) is 4.05. The first-order chi connectivity index (χ1) is 15.2. The Morgan fingerprint density at radius 2 is 1.84 bits per heavy atom. The molecule has 1 saturated heterocycles. The van der Waals surface area contributed by atoms with E-state index in [1.54, 1.807) is 7.11 Å². The normalized spacial score (nSPS) is 17.1. The van der Waals surface area contributed by atoms with Crippen LogP contribution in [-0.4, -0.2) is 36.3 Å². The van der Waals surface area contributed by atoms with Gasteiger partial charge in [0.05, 0.1) is 24.8 Å². The Kier molecular flexibility index (Phi) is 6.46. The van der Waals surface area contributed by atoms with E-state index < -0.39 is 0 Å². The summed E-state index contributed by atoms with van der Waals surface area (Å²) in [6.07, 6.45) is 1.84. The molecule has 2 atom stereocenters. The molecular formula is C25H28N4O2. The molecule has 1 amide bonds. The van der Waals surface area contributed by atoms with E-state index in [0.717, 1.165) is 47.8 Å². The van der Waals surface area contributed by atoms with Crippen LogP contribution in [-0.2, 0) is 4.79 Å². The number of carbonyl (C=O) groups excluding carboxylic acids is 1. The van der Waals surface area contributed by atoms with Gasteiger partial charge in [0.2, 0.25) is 5.91 Å². The van der Waals surface area contributed by atoms with E-state index in [4.69, 9.17) is 4.74 Å². The first-order valence-electron chi connectivity index (χ1n) is 10.7. The van der Waals surface area contributed by atoms with Crippen molar-refractivity contribution in [2.75, 3.05) is 25.1 Å². The highest BCUT2D eigenvalue weighted by Crippen LogP contribution is 2.29. The number of hydrogen-bond donors (Lipinski definition) is 1. The summed E-state index contributed by atoms with van der Waals surface area (Å²) in [5, 5.41) is 12.0. The molecule has 1 aliphatic rings. The number of methoxy groups -OCH3 is 1. The van der Waals surface area contributed by atoms with Gasteiger partial charge < -0.3 is 15.0 Å². The van der Waals surface area contributed by atoms with Crippen LogP contribution in [0.1, 0.15) is 31.4 Å². The van der Waals surface area contributed by atoms with Crippen LogP contribution in [0.15, 0.2) is 66.7 Å². The van der Waals surface area contributed by atoms with Gasteiger partial charge in [0, 0.05) is 18.7 Å². The molecular weight excluding hydrogens is 388 g/mol. The van der Waals surface area contributed by atoms with Gasteiger partial charge >= 0.3 is 0 Å². The fraction of sp³-hybridized carbons (Fsp3) is 0.320. The molecule has 6 heteroatoms. The zero-order valence-corrected chi connectivity index (χ0v) is 18.0. The topological polar surface area (TPSA) is 67.3 Å². The molecule has 2 heterocycles. The van der Waals surface area contributed by atoms with E-state index in [-0.39, 0.29) is 17.9 Å². The Hall–Kier alpha value is -3.41. The molecule has 1 aliphatic heterocycles. The highest BCUT2D eigenvalue weighted by atomic mass is 16.5. The first-order valence-corrected chi connectivity index (χ1v) is 10.7. The van der Waals surface area contributed by atoms with Gasteiger partial charge in [-0.25, -0.2) is 0 Å². The Bertz CT molecular complexity index is 1010. The van der Waals surface area contributed by atoms with Gasteiger partial charge in [0.1, 0.15) is 5.75 Å². The number of ether oxygens (including phenoxy) is 1. The monoisotopic (exact) mass is 416 g/mol. The number of rotatable bonds is 6. The highest BCUT2D eigenvalue weighted by Gasteiger charge is 2.27. The lowest BCUT2D eigenvalue weighted by atomic mass is 9.96. The summed E-state index contributed by atoms with van der Waals surface area (Å²) in [5.41, 5.74) is 2.79. The van der Waals surface area contributed by atoms with E-state index in [1.807, 2.05) is 73.7 Å². The summed E-state index contributed by atoms with van der Waals surface area (Å²) >= 11 is 0. The molecule has 0 radical (unpaired) electrons. The predicted octanol–water partition coefficient (Wildman–Crippen LogP) is 4.25. The molecule has 3 aromatic rings. The van der Waals surface area contributed by atoms with Crippen LogP contribution in [0.2, 0.25) is 0 Å². The molecule has 0 aliphatic carbocycles. The van der Waals surface area contributed by atoms with Crippen LogP contribution >= 0.6 is 0 Å². The zero-order chi connectivity index (χ0) is 21.6. The van der Waals surface area contributed by atoms with Gasteiger partial charge in [-0.15, -0.1) is 10.2 Å². The van der Waals surface area contributed by atoms with E-state index >= 15 is 0 Å². The minimum Gasteiger partial charge on any atom is -0.496 e. The lowest BCUT2D eigenvalue weighted by Gasteiger charge is -2.33. The maximum Gasteiger partial charge on any atom is 0.225 e. The number of piperidine rings is 1. The fourth-order valence-electron chi connectivity index (χ4n) is 4.05. The highest BCUT2D eigenvalue weighted by molar-refractivity contribution is 5.80. The number of para-hydroxylation sites is 1. The molecule has 0 saturated carbocycles. The van der Waals surface area contributed by atoms with Crippen molar-refractivity contribution in [1.29, 1.82) is 0 Å². The minimum atomic E-state index is -0.0596. The second-order valence-corrected chi connectivity index (χ2v) is 7.90. The van der Waals surface area contributed by atoms with Gasteiger partial charge in [-0.3, -0.25) is 4.79 Å². The summed E-state index contributed by atoms with van der Waals surface area (Å²) in [6, 6.07) is 21.7. The zero-order valence-electron chi connectivity index (χ0n) is 18.0. The molecule has 2 aromatic carbocycles. The van der Waals surface area contributed by atoms with Crippen LogP contribution < -0.4 is 15.0 Å². The lowest BCUT2D eigenvalue weighted by Crippen LogP contribution is -2.44. The van der Waals surface area contributed by atoms with Crippen LogP contribution in [0.5, 0.6) is 5.75 Å². The first kappa shape index (κ1) is 20.8. The van der Waals surface area contributed by atoms with Crippen molar-refractivity contribution in [3.05, 3.63) is 72.3 Å². The molecule has 0 bridgehead atoms. The van der Waals surface area contributed by atoms with Crippen molar-refractivity contribution in [2.24, 2.45) is 5.92 Å². The quantitative estimate of drug-likeness (QED) is 0.651. The van der Waals surface area contributed by atoms with Crippen LogP contribution in [0.4, 0.5) is 5.82 Å². The van der Waals surface area contributed by atoms with Gasteiger partial charge in [-0.05, 0) is 49.6 Å². The maximum absolute atomic E-state index is 12.9. The molecule has 1 fully saturated rings. The molecule has 6 nitrogen and oxygen atoms in total.